The van der Waals surface area contributed by atoms with Crippen molar-refractivity contribution in [1.82, 2.24) is 5.32 Å². The van der Waals surface area contributed by atoms with E-state index >= 15 is 0 Å². The molecule has 0 aliphatic heterocycles. The molecule has 124 valence electrons. The molecule has 0 fully saturated rings. The highest BCUT2D eigenvalue weighted by atomic mass is 79.9. The average Bonchev–Trinajstić information content (AvgIpc) is 2.45. The molecule has 0 atom stereocenters. The Labute approximate surface area is 156 Å². The molecule has 0 radical (unpaired) electrons. The van der Waals surface area contributed by atoms with Crippen molar-refractivity contribution in [3.8, 4) is 5.75 Å². The lowest BCUT2D eigenvalue weighted by molar-refractivity contribution is 0.300. The zero-order valence-corrected chi connectivity index (χ0v) is 16.5. The van der Waals surface area contributed by atoms with Gasteiger partial charge in [0.1, 0.15) is 12.4 Å². The Morgan fingerprint density at radius 3 is 2.35 bits per heavy atom. The molecule has 0 amide bonds. The van der Waals surface area contributed by atoms with Crippen LogP contribution in [-0.4, -0.2) is 5.54 Å². The van der Waals surface area contributed by atoms with E-state index in [1.807, 2.05) is 30.3 Å². The zero-order chi connectivity index (χ0) is 17.0. The smallest absolute Gasteiger partial charge is 0.124 e. The summed E-state index contributed by atoms with van der Waals surface area (Å²) in [5.41, 5.74) is 1.91. The lowest BCUT2D eigenvalue weighted by atomic mass is 10.1. The second kappa shape index (κ2) is 7.89. The molecule has 0 saturated carbocycles. The lowest BCUT2D eigenvalue weighted by Gasteiger charge is -2.22. The van der Waals surface area contributed by atoms with Crippen molar-refractivity contribution in [3.05, 3.63) is 62.0 Å². The summed E-state index contributed by atoms with van der Waals surface area (Å²) in [5, 5.41) is 4.70. The van der Waals surface area contributed by atoms with Crippen LogP contribution in [0.15, 0.2) is 40.9 Å². The van der Waals surface area contributed by atoms with E-state index in [1.165, 1.54) is 0 Å². The topological polar surface area (TPSA) is 21.3 Å². The Balaban J connectivity index is 2.16. The first-order chi connectivity index (χ1) is 10.8. The third-order valence-corrected chi connectivity index (χ3v) is 4.47. The number of hydrogen-bond donors (Lipinski definition) is 1. The summed E-state index contributed by atoms with van der Waals surface area (Å²) >= 11 is 15.9. The van der Waals surface area contributed by atoms with Gasteiger partial charge in [-0.25, -0.2) is 0 Å². The van der Waals surface area contributed by atoms with Crippen LogP contribution in [0, 0.1) is 0 Å². The van der Waals surface area contributed by atoms with E-state index in [2.05, 4.69) is 48.1 Å². The molecule has 0 aromatic heterocycles. The van der Waals surface area contributed by atoms with Crippen molar-refractivity contribution in [2.24, 2.45) is 0 Å². The van der Waals surface area contributed by atoms with Gasteiger partial charge >= 0.3 is 0 Å². The highest BCUT2D eigenvalue weighted by Crippen LogP contribution is 2.28. The predicted molar refractivity (Wildman–Crippen MR) is 102 cm³/mol. The van der Waals surface area contributed by atoms with Gasteiger partial charge in [-0.3, -0.25) is 0 Å². The fourth-order valence-electron chi connectivity index (χ4n) is 2.01. The van der Waals surface area contributed by atoms with Gasteiger partial charge < -0.3 is 10.1 Å². The van der Waals surface area contributed by atoms with E-state index in [0.29, 0.717) is 23.2 Å². The van der Waals surface area contributed by atoms with E-state index < -0.39 is 0 Å². The normalized spacial score (nSPS) is 11.6. The third-order valence-electron chi connectivity index (χ3n) is 3.27. The molecule has 0 spiro atoms. The van der Waals surface area contributed by atoms with E-state index in [4.69, 9.17) is 27.9 Å². The highest BCUT2D eigenvalue weighted by molar-refractivity contribution is 9.10. The van der Waals surface area contributed by atoms with Crippen LogP contribution in [0.25, 0.3) is 0 Å². The number of nitrogens with one attached hydrogen (secondary N) is 1. The zero-order valence-electron chi connectivity index (χ0n) is 13.4. The number of ether oxygens (including phenoxy) is 1. The van der Waals surface area contributed by atoms with Gasteiger partial charge in [0, 0.05) is 37.7 Å². The van der Waals surface area contributed by atoms with Crippen LogP contribution >= 0.6 is 39.1 Å². The van der Waals surface area contributed by atoms with Gasteiger partial charge in [0.2, 0.25) is 0 Å². The molecular weight excluding hydrogens is 397 g/mol. The molecule has 2 rings (SSSR count). The second-order valence-electron chi connectivity index (χ2n) is 6.34. The van der Waals surface area contributed by atoms with Gasteiger partial charge in [-0.2, -0.15) is 0 Å². The van der Waals surface area contributed by atoms with Gasteiger partial charge in [0.05, 0.1) is 0 Å². The van der Waals surface area contributed by atoms with Gasteiger partial charge in [-0.05, 0) is 51.1 Å². The van der Waals surface area contributed by atoms with Crippen molar-refractivity contribution in [3.63, 3.8) is 0 Å². The third kappa shape index (κ3) is 5.68. The second-order valence-corrected chi connectivity index (χ2v) is 8.07. The van der Waals surface area contributed by atoms with Crippen molar-refractivity contribution in [2.45, 2.75) is 39.5 Å². The highest BCUT2D eigenvalue weighted by Gasteiger charge is 2.13. The Morgan fingerprint density at radius 2 is 1.74 bits per heavy atom. The fraction of sp³-hybridized carbons (Fsp3) is 0.333. The molecule has 5 heteroatoms. The van der Waals surface area contributed by atoms with Crippen molar-refractivity contribution in [2.75, 3.05) is 0 Å². The number of rotatable bonds is 5. The SMILES string of the molecule is CC(C)(C)NCc1cc(Br)ccc1OCc1c(Cl)cccc1Cl. The molecule has 0 aliphatic rings. The monoisotopic (exact) mass is 415 g/mol. The van der Waals surface area contributed by atoms with Crippen molar-refractivity contribution < 1.29 is 4.74 Å². The molecule has 2 aromatic carbocycles. The summed E-state index contributed by atoms with van der Waals surface area (Å²) in [4.78, 5) is 0. The van der Waals surface area contributed by atoms with Gasteiger partial charge in [0.15, 0.2) is 0 Å². The molecule has 0 heterocycles. The Kier molecular flexibility index (Phi) is 6.38. The fourth-order valence-corrected chi connectivity index (χ4v) is 2.92. The number of benzene rings is 2. The molecule has 0 bridgehead atoms. The first-order valence-electron chi connectivity index (χ1n) is 7.35. The Morgan fingerprint density at radius 1 is 1.09 bits per heavy atom. The van der Waals surface area contributed by atoms with Crippen LogP contribution in [-0.2, 0) is 13.2 Å². The maximum Gasteiger partial charge on any atom is 0.124 e. The molecule has 23 heavy (non-hydrogen) atoms. The maximum atomic E-state index is 6.20. The molecule has 0 aliphatic carbocycles. The summed E-state index contributed by atoms with van der Waals surface area (Å²) in [6, 6.07) is 11.4. The van der Waals surface area contributed by atoms with Crippen LogP contribution in [0.3, 0.4) is 0 Å². The first-order valence-corrected chi connectivity index (χ1v) is 8.90. The summed E-state index contributed by atoms with van der Waals surface area (Å²) < 4.78 is 7.00. The Hall–Kier alpha value is -0.740. The van der Waals surface area contributed by atoms with E-state index in [0.717, 1.165) is 21.3 Å². The maximum absolute atomic E-state index is 6.20. The predicted octanol–water partition coefficient (Wildman–Crippen LogP) is 6.22. The minimum absolute atomic E-state index is 0.0334. The standard InChI is InChI=1S/C18H20BrCl2NO/c1-18(2,3)22-10-12-9-13(19)7-8-17(12)23-11-14-15(20)5-4-6-16(14)21/h4-9,22H,10-11H2,1-3H3. The van der Waals surface area contributed by atoms with E-state index in [-0.39, 0.29) is 5.54 Å². The minimum Gasteiger partial charge on any atom is -0.488 e. The van der Waals surface area contributed by atoms with Crippen LogP contribution < -0.4 is 10.1 Å². The molecule has 1 N–H and O–H groups in total. The molecule has 0 saturated heterocycles. The average molecular weight is 417 g/mol. The summed E-state index contributed by atoms with van der Waals surface area (Å²) in [5.74, 6) is 0.820. The van der Waals surface area contributed by atoms with Gasteiger partial charge in [-0.1, -0.05) is 45.2 Å². The van der Waals surface area contributed by atoms with E-state index in [9.17, 15) is 0 Å². The van der Waals surface area contributed by atoms with Crippen molar-refractivity contribution in [1.29, 1.82) is 0 Å². The lowest BCUT2D eigenvalue weighted by Crippen LogP contribution is -2.35. The van der Waals surface area contributed by atoms with E-state index in [1.54, 1.807) is 0 Å². The largest absolute Gasteiger partial charge is 0.488 e. The Bertz CT molecular complexity index is 663. The molecular formula is C18H20BrCl2NO. The van der Waals surface area contributed by atoms with Gasteiger partial charge in [-0.15, -0.1) is 0 Å². The van der Waals surface area contributed by atoms with Crippen LogP contribution in [0.4, 0.5) is 0 Å². The van der Waals surface area contributed by atoms with Crippen molar-refractivity contribution >= 4 is 39.1 Å². The van der Waals surface area contributed by atoms with Crippen LogP contribution in [0.5, 0.6) is 5.75 Å². The van der Waals surface area contributed by atoms with Crippen LogP contribution in [0.2, 0.25) is 10.0 Å². The molecule has 2 aromatic rings. The van der Waals surface area contributed by atoms with Gasteiger partial charge in [0.25, 0.3) is 0 Å². The summed E-state index contributed by atoms with van der Waals surface area (Å²) in [7, 11) is 0. The summed E-state index contributed by atoms with van der Waals surface area (Å²) in [6.07, 6.45) is 0. The summed E-state index contributed by atoms with van der Waals surface area (Å²) in [6.45, 7) is 7.45. The molecule has 2 nitrogen and oxygen atoms in total. The number of halogens is 3. The minimum atomic E-state index is 0.0334. The molecule has 0 unspecified atom stereocenters. The number of hydrogen-bond acceptors (Lipinski definition) is 2. The first kappa shape index (κ1) is 18.6. The van der Waals surface area contributed by atoms with Crippen LogP contribution in [0.1, 0.15) is 31.9 Å². The quantitative estimate of drug-likeness (QED) is 0.624.